The van der Waals surface area contributed by atoms with E-state index in [1.807, 2.05) is 12.1 Å². The molecule has 0 spiro atoms. The van der Waals surface area contributed by atoms with Crippen LogP contribution in [0, 0.1) is 0 Å². The Hall–Kier alpha value is -0.320. The molecule has 2 rings (SSSR count). The van der Waals surface area contributed by atoms with Crippen molar-refractivity contribution < 1.29 is 4.74 Å². The number of rotatable bonds is 3. The SMILES string of the molecule is CC(NN1CCOCC1)c1cccc(Cl)c1Cl. The van der Waals surface area contributed by atoms with Crippen LogP contribution in [0.15, 0.2) is 18.2 Å². The molecular weight excluding hydrogens is 259 g/mol. The molecule has 1 unspecified atom stereocenters. The summed E-state index contributed by atoms with van der Waals surface area (Å²) in [7, 11) is 0. The van der Waals surface area contributed by atoms with Crippen molar-refractivity contribution in [2.24, 2.45) is 0 Å². The summed E-state index contributed by atoms with van der Waals surface area (Å²) in [5.41, 5.74) is 4.43. The summed E-state index contributed by atoms with van der Waals surface area (Å²) < 4.78 is 5.30. The molecule has 94 valence electrons. The van der Waals surface area contributed by atoms with E-state index in [9.17, 15) is 0 Å². The Bertz CT molecular complexity index is 381. The van der Waals surface area contributed by atoms with E-state index in [2.05, 4.69) is 17.4 Å². The summed E-state index contributed by atoms with van der Waals surface area (Å²) in [6.45, 7) is 5.39. The van der Waals surface area contributed by atoms with Gasteiger partial charge in [0.15, 0.2) is 0 Å². The van der Waals surface area contributed by atoms with E-state index in [1.165, 1.54) is 0 Å². The fraction of sp³-hybridized carbons (Fsp3) is 0.500. The van der Waals surface area contributed by atoms with Gasteiger partial charge in [0.25, 0.3) is 0 Å². The van der Waals surface area contributed by atoms with Gasteiger partial charge in [0.05, 0.1) is 23.3 Å². The fourth-order valence-corrected chi connectivity index (χ4v) is 2.36. The second kappa shape index (κ2) is 6.03. The van der Waals surface area contributed by atoms with Gasteiger partial charge in [0.2, 0.25) is 0 Å². The summed E-state index contributed by atoms with van der Waals surface area (Å²) in [5.74, 6) is 0. The molecule has 1 aliphatic rings. The quantitative estimate of drug-likeness (QED) is 0.918. The normalized spacial score (nSPS) is 19.2. The van der Waals surface area contributed by atoms with Crippen LogP contribution in [0.25, 0.3) is 0 Å². The Balaban J connectivity index is 2.03. The molecule has 0 saturated carbocycles. The molecule has 0 aliphatic carbocycles. The smallest absolute Gasteiger partial charge is 0.0640 e. The summed E-state index contributed by atoms with van der Waals surface area (Å²) in [4.78, 5) is 0. The molecule has 0 amide bonds. The first-order valence-corrected chi connectivity index (χ1v) is 6.47. The van der Waals surface area contributed by atoms with Gasteiger partial charge in [-0.05, 0) is 18.6 Å². The van der Waals surface area contributed by atoms with Crippen LogP contribution in [-0.4, -0.2) is 31.3 Å². The van der Waals surface area contributed by atoms with Gasteiger partial charge in [-0.15, -0.1) is 0 Å². The van der Waals surface area contributed by atoms with Crippen LogP contribution in [0.3, 0.4) is 0 Å². The minimum absolute atomic E-state index is 0.138. The zero-order valence-corrected chi connectivity index (χ0v) is 11.3. The zero-order valence-electron chi connectivity index (χ0n) is 9.75. The second-order valence-corrected chi connectivity index (χ2v) is 4.88. The molecule has 1 N–H and O–H groups in total. The van der Waals surface area contributed by atoms with E-state index < -0.39 is 0 Å². The van der Waals surface area contributed by atoms with Gasteiger partial charge in [-0.2, -0.15) is 0 Å². The number of hydrazine groups is 1. The number of morpholine rings is 1. The van der Waals surface area contributed by atoms with Crippen LogP contribution in [0.1, 0.15) is 18.5 Å². The topological polar surface area (TPSA) is 24.5 Å². The summed E-state index contributed by atoms with van der Waals surface area (Å²) in [6.07, 6.45) is 0. The average Bonchev–Trinajstić information content (AvgIpc) is 2.34. The third kappa shape index (κ3) is 3.33. The van der Waals surface area contributed by atoms with E-state index in [4.69, 9.17) is 27.9 Å². The minimum Gasteiger partial charge on any atom is -0.379 e. The molecule has 0 radical (unpaired) electrons. The molecule has 1 atom stereocenters. The molecule has 1 aliphatic heterocycles. The maximum atomic E-state index is 6.19. The van der Waals surface area contributed by atoms with Gasteiger partial charge in [0.1, 0.15) is 0 Å². The predicted octanol–water partition coefficient (Wildman–Crippen LogP) is 2.89. The Morgan fingerprint density at radius 1 is 1.29 bits per heavy atom. The maximum Gasteiger partial charge on any atom is 0.0640 e. The van der Waals surface area contributed by atoms with E-state index in [-0.39, 0.29) is 6.04 Å². The van der Waals surface area contributed by atoms with Crippen LogP contribution in [0.4, 0.5) is 0 Å². The largest absolute Gasteiger partial charge is 0.379 e. The molecule has 1 saturated heterocycles. The molecule has 17 heavy (non-hydrogen) atoms. The number of hydrogen-bond acceptors (Lipinski definition) is 3. The van der Waals surface area contributed by atoms with Crippen molar-refractivity contribution in [3.05, 3.63) is 33.8 Å². The summed E-state index contributed by atoms with van der Waals surface area (Å²) in [6, 6.07) is 5.85. The van der Waals surface area contributed by atoms with Crippen molar-refractivity contribution in [3.8, 4) is 0 Å². The van der Waals surface area contributed by atoms with E-state index in [0.717, 1.165) is 31.9 Å². The lowest BCUT2D eigenvalue weighted by molar-refractivity contribution is 0.00485. The number of nitrogens with zero attached hydrogens (tertiary/aromatic N) is 1. The lowest BCUT2D eigenvalue weighted by Gasteiger charge is -2.30. The van der Waals surface area contributed by atoms with E-state index >= 15 is 0 Å². The van der Waals surface area contributed by atoms with Gasteiger partial charge >= 0.3 is 0 Å². The molecule has 1 fully saturated rings. The fourth-order valence-electron chi connectivity index (χ4n) is 1.89. The Labute approximate surface area is 112 Å². The number of nitrogens with one attached hydrogen (secondary N) is 1. The monoisotopic (exact) mass is 274 g/mol. The first-order valence-electron chi connectivity index (χ1n) is 5.71. The van der Waals surface area contributed by atoms with Gasteiger partial charge in [-0.1, -0.05) is 35.3 Å². The van der Waals surface area contributed by atoms with Gasteiger partial charge in [-0.25, -0.2) is 10.4 Å². The van der Waals surface area contributed by atoms with Crippen molar-refractivity contribution in [3.63, 3.8) is 0 Å². The van der Waals surface area contributed by atoms with Crippen molar-refractivity contribution in [2.75, 3.05) is 26.3 Å². The number of benzene rings is 1. The molecule has 1 heterocycles. The minimum atomic E-state index is 0.138. The van der Waals surface area contributed by atoms with Gasteiger partial charge in [0, 0.05) is 19.1 Å². The van der Waals surface area contributed by atoms with Crippen LogP contribution in [0.5, 0.6) is 0 Å². The van der Waals surface area contributed by atoms with E-state index in [1.54, 1.807) is 6.07 Å². The molecule has 1 aromatic carbocycles. The van der Waals surface area contributed by atoms with Crippen LogP contribution in [-0.2, 0) is 4.74 Å². The molecular formula is C12H16Cl2N2O. The van der Waals surface area contributed by atoms with Gasteiger partial charge in [-0.3, -0.25) is 0 Å². The predicted molar refractivity (Wildman–Crippen MR) is 70.4 cm³/mol. The number of halogens is 2. The Kier molecular flexibility index (Phi) is 4.65. The summed E-state index contributed by atoms with van der Waals surface area (Å²) >= 11 is 12.2. The highest BCUT2D eigenvalue weighted by Crippen LogP contribution is 2.29. The van der Waals surface area contributed by atoms with Crippen molar-refractivity contribution in [2.45, 2.75) is 13.0 Å². The zero-order chi connectivity index (χ0) is 12.3. The van der Waals surface area contributed by atoms with Crippen molar-refractivity contribution >= 4 is 23.2 Å². The molecule has 3 nitrogen and oxygen atoms in total. The first-order chi connectivity index (χ1) is 8.18. The van der Waals surface area contributed by atoms with Crippen molar-refractivity contribution in [1.82, 2.24) is 10.4 Å². The average molecular weight is 275 g/mol. The Morgan fingerprint density at radius 2 is 2.00 bits per heavy atom. The highest BCUT2D eigenvalue weighted by molar-refractivity contribution is 6.42. The molecule has 0 bridgehead atoms. The number of hydrogen-bond donors (Lipinski definition) is 1. The van der Waals surface area contributed by atoms with Crippen LogP contribution < -0.4 is 5.43 Å². The van der Waals surface area contributed by atoms with Gasteiger partial charge < -0.3 is 4.74 Å². The van der Waals surface area contributed by atoms with E-state index in [0.29, 0.717) is 10.0 Å². The molecule has 0 aromatic heterocycles. The maximum absolute atomic E-state index is 6.19. The molecule has 5 heteroatoms. The highest BCUT2D eigenvalue weighted by Gasteiger charge is 2.16. The van der Waals surface area contributed by atoms with Crippen LogP contribution in [0.2, 0.25) is 10.0 Å². The third-order valence-electron chi connectivity index (χ3n) is 2.84. The lowest BCUT2D eigenvalue weighted by Crippen LogP contribution is -2.46. The highest BCUT2D eigenvalue weighted by atomic mass is 35.5. The summed E-state index contributed by atoms with van der Waals surface area (Å²) in [5, 5.41) is 3.38. The molecule has 1 aromatic rings. The lowest BCUT2D eigenvalue weighted by atomic mass is 10.1. The standard InChI is InChI=1S/C12H16Cl2N2O/c1-9(15-16-5-7-17-8-6-16)10-3-2-4-11(13)12(10)14/h2-4,9,15H,5-8H2,1H3. The third-order valence-corrected chi connectivity index (χ3v) is 3.67. The first kappa shape index (κ1) is 13.1. The van der Waals surface area contributed by atoms with Crippen molar-refractivity contribution in [1.29, 1.82) is 0 Å². The second-order valence-electron chi connectivity index (χ2n) is 4.09. The Morgan fingerprint density at radius 3 is 2.71 bits per heavy atom. The number of ether oxygens (including phenoxy) is 1. The van der Waals surface area contributed by atoms with Crippen LogP contribution >= 0.6 is 23.2 Å².